The summed E-state index contributed by atoms with van der Waals surface area (Å²) in [4.78, 5) is 27.5. The summed E-state index contributed by atoms with van der Waals surface area (Å²) < 4.78 is 0. The molecule has 4 nitrogen and oxygen atoms in total. The number of rotatable bonds is 5. The first-order valence-electron chi connectivity index (χ1n) is 6.79. The van der Waals surface area contributed by atoms with Crippen molar-refractivity contribution in [1.82, 2.24) is 4.98 Å². The van der Waals surface area contributed by atoms with Crippen LogP contribution in [0.2, 0.25) is 0 Å². The number of pyridine rings is 1. The Labute approximate surface area is 124 Å². The highest BCUT2D eigenvalue weighted by Crippen LogP contribution is 2.19. The molecule has 0 fully saturated rings. The minimum atomic E-state index is -1.04. The van der Waals surface area contributed by atoms with Crippen molar-refractivity contribution < 1.29 is 9.59 Å². The number of nitrogens with zero attached hydrogens (tertiary/aromatic N) is 1. The second-order valence-electron chi connectivity index (χ2n) is 5.10. The van der Waals surface area contributed by atoms with E-state index in [1.54, 1.807) is 0 Å². The number of benzene rings is 1. The second kappa shape index (κ2) is 6.41. The molecule has 0 spiro atoms. The van der Waals surface area contributed by atoms with Gasteiger partial charge in [0.05, 0.1) is 5.69 Å². The molecule has 1 aromatic carbocycles. The van der Waals surface area contributed by atoms with Gasteiger partial charge >= 0.3 is 0 Å². The quantitative estimate of drug-likeness (QED) is 0.852. The van der Waals surface area contributed by atoms with Gasteiger partial charge in [-0.15, -0.1) is 0 Å². The van der Waals surface area contributed by atoms with Gasteiger partial charge in [0.1, 0.15) is 6.04 Å². The lowest BCUT2D eigenvalue weighted by molar-refractivity contribution is -0.127. The lowest BCUT2D eigenvalue weighted by Gasteiger charge is -2.08. The average Bonchev–Trinajstić information content (AvgIpc) is 2.46. The van der Waals surface area contributed by atoms with Crippen molar-refractivity contribution >= 4 is 11.6 Å². The summed E-state index contributed by atoms with van der Waals surface area (Å²) in [5, 5.41) is 0. The van der Waals surface area contributed by atoms with Gasteiger partial charge in [0.15, 0.2) is 11.6 Å². The summed E-state index contributed by atoms with van der Waals surface area (Å²) in [6.07, 6.45) is 0.153. The van der Waals surface area contributed by atoms with Crippen LogP contribution in [0.5, 0.6) is 0 Å². The topological polar surface area (TPSA) is 73.1 Å². The lowest BCUT2D eigenvalue weighted by atomic mass is 9.99. The summed E-state index contributed by atoms with van der Waals surface area (Å²) in [5.41, 5.74) is 9.14. The molecule has 0 radical (unpaired) electrons. The standard InChI is InChI=1S/C17H18N2O2/c1-11-5-3-8-15(19-11)14-7-4-6-13(9-14)10-16(21)17(18)12(2)20/h3-9,17H,10,18H2,1-2H3. The Hall–Kier alpha value is -2.33. The molecule has 1 unspecified atom stereocenters. The van der Waals surface area contributed by atoms with Crippen LogP contribution in [0.15, 0.2) is 42.5 Å². The third-order valence-corrected chi connectivity index (χ3v) is 3.27. The van der Waals surface area contributed by atoms with E-state index in [1.807, 2.05) is 49.4 Å². The predicted molar refractivity (Wildman–Crippen MR) is 81.8 cm³/mol. The van der Waals surface area contributed by atoms with Crippen LogP contribution < -0.4 is 5.73 Å². The van der Waals surface area contributed by atoms with Crippen molar-refractivity contribution in [2.75, 3.05) is 0 Å². The molecule has 108 valence electrons. The van der Waals surface area contributed by atoms with Gasteiger partial charge in [-0.2, -0.15) is 0 Å². The Kier molecular flexibility index (Phi) is 4.60. The maximum Gasteiger partial charge on any atom is 0.161 e. The van der Waals surface area contributed by atoms with Crippen LogP contribution >= 0.6 is 0 Å². The lowest BCUT2D eigenvalue weighted by Crippen LogP contribution is -2.38. The highest BCUT2D eigenvalue weighted by Gasteiger charge is 2.18. The van der Waals surface area contributed by atoms with E-state index in [9.17, 15) is 9.59 Å². The zero-order chi connectivity index (χ0) is 15.4. The first-order valence-corrected chi connectivity index (χ1v) is 6.79. The number of nitrogens with two attached hydrogens (primary N) is 1. The number of hydrogen-bond acceptors (Lipinski definition) is 4. The first kappa shape index (κ1) is 15.1. The van der Waals surface area contributed by atoms with E-state index in [2.05, 4.69) is 4.98 Å². The summed E-state index contributed by atoms with van der Waals surface area (Å²) >= 11 is 0. The van der Waals surface area contributed by atoms with E-state index in [-0.39, 0.29) is 18.0 Å². The normalized spacial score (nSPS) is 12.0. The smallest absolute Gasteiger partial charge is 0.161 e. The molecule has 0 aliphatic rings. The highest BCUT2D eigenvalue weighted by atomic mass is 16.2. The predicted octanol–water partition coefficient (Wildman–Crippen LogP) is 2.08. The molecular formula is C17H18N2O2. The van der Waals surface area contributed by atoms with Gasteiger partial charge in [-0.3, -0.25) is 14.6 Å². The van der Waals surface area contributed by atoms with Crippen LogP contribution in [0.25, 0.3) is 11.3 Å². The maximum atomic E-state index is 11.9. The van der Waals surface area contributed by atoms with E-state index in [4.69, 9.17) is 5.73 Å². The second-order valence-corrected chi connectivity index (χ2v) is 5.10. The molecule has 0 aliphatic heterocycles. The first-order chi connectivity index (χ1) is 9.97. The van der Waals surface area contributed by atoms with Crippen LogP contribution in [0, 0.1) is 6.92 Å². The van der Waals surface area contributed by atoms with E-state index < -0.39 is 6.04 Å². The third kappa shape index (κ3) is 3.83. The molecule has 21 heavy (non-hydrogen) atoms. The maximum absolute atomic E-state index is 11.9. The zero-order valence-corrected chi connectivity index (χ0v) is 12.2. The van der Waals surface area contributed by atoms with Crippen molar-refractivity contribution in [3.63, 3.8) is 0 Å². The Bertz CT molecular complexity index is 680. The van der Waals surface area contributed by atoms with Crippen molar-refractivity contribution in [2.24, 2.45) is 5.73 Å². The molecule has 1 heterocycles. The number of aromatic nitrogens is 1. The molecule has 0 bridgehead atoms. The van der Waals surface area contributed by atoms with Gasteiger partial charge < -0.3 is 5.73 Å². The fourth-order valence-corrected chi connectivity index (χ4v) is 2.08. The minimum Gasteiger partial charge on any atom is -0.315 e. The number of ketones is 2. The largest absolute Gasteiger partial charge is 0.315 e. The van der Waals surface area contributed by atoms with E-state index in [0.717, 1.165) is 22.5 Å². The van der Waals surface area contributed by atoms with Crippen LogP contribution in [-0.4, -0.2) is 22.6 Å². The average molecular weight is 282 g/mol. The van der Waals surface area contributed by atoms with Gasteiger partial charge in [0.25, 0.3) is 0 Å². The third-order valence-electron chi connectivity index (χ3n) is 3.27. The Morgan fingerprint density at radius 1 is 1.19 bits per heavy atom. The Morgan fingerprint density at radius 3 is 2.57 bits per heavy atom. The molecule has 1 atom stereocenters. The fourth-order valence-electron chi connectivity index (χ4n) is 2.08. The van der Waals surface area contributed by atoms with E-state index in [1.165, 1.54) is 6.92 Å². The van der Waals surface area contributed by atoms with Gasteiger partial charge in [-0.05, 0) is 37.6 Å². The van der Waals surface area contributed by atoms with Crippen LogP contribution in [-0.2, 0) is 16.0 Å². The van der Waals surface area contributed by atoms with Gasteiger partial charge in [-0.25, -0.2) is 0 Å². The van der Waals surface area contributed by atoms with Gasteiger partial charge in [0.2, 0.25) is 0 Å². The molecule has 0 aliphatic carbocycles. The summed E-state index contributed by atoms with van der Waals surface area (Å²) in [7, 11) is 0. The highest BCUT2D eigenvalue weighted by molar-refractivity contribution is 6.05. The molecule has 4 heteroatoms. The summed E-state index contributed by atoms with van der Waals surface area (Å²) in [5.74, 6) is -0.576. The van der Waals surface area contributed by atoms with Crippen molar-refractivity contribution in [1.29, 1.82) is 0 Å². The molecule has 1 aromatic heterocycles. The number of carbonyl (C=O) groups is 2. The molecular weight excluding hydrogens is 264 g/mol. The summed E-state index contributed by atoms with van der Waals surface area (Å²) in [6, 6.07) is 12.4. The number of Topliss-reactive ketones (excluding diaryl/α,β-unsaturated/α-hetero) is 2. The molecule has 0 amide bonds. The monoisotopic (exact) mass is 282 g/mol. The fraction of sp³-hybridized carbons (Fsp3) is 0.235. The number of carbonyl (C=O) groups excluding carboxylic acids is 2. The minimum absolute atomic E-state index is 0.153. The Morgan fingerprint density at radius 2 is 1.90 bits per heavy atom. The van der Waals surface area contributed by atoms with E-state index in [0.29, 0.717) is 0 Å². The van der Waals surface area contributed by atoms with Gasteiger partial charge in [0, 0.05) is 17.7 Å². The molecule has 0 saturated carbocycles. The number of hydrogen-bond donors (Lipinski definition) is 1. The number of aryl methyl sites for hydroxylation is 1. The van der Waals surface area contributed by atoms with Crippen molar-refractivity contribution in [2.45, 2.75) is 26.3 Å². The van der Waals surface area contributed by atoms with Crippen molar-refractivity contribution in [3.8, 4) is 11.3 Å². The van der Waals surface area contributed by atoms with Gasteiger partial charge in [-0.1, -0.05) is 24.3 Å². The van der Waals surface area contributed by atoms with Crippen LogP contribution in [0.1, 0.15) is 18.2 Å². The molecule has 2 rings (SSSR count). The van der Waals surface area contributed by atoms with Crippen LogP contribution in [0.3, 0.4) is 0 Å². The Balaban J connectivity index is 2.22. The van der Waals surface area contributed by atoms with E-state index >= 15 is 0 Å². The molecule has 2 N–H and O–H groups in total. The summed E-state index contributed by atoms with van der Waals surface area (Å²) in [6.45, 7) is 3.26. The molecule has 2 aromatic rings. The zero-order valence-electron chi connectivity index (χ0n) is 12.2. The van der Waals surface area contributed by atoms with Crippen LogP contribution in [0.4, 0.5) is 0 Å². The van der Waals surface area contributed by atoms with Crippen molar-refractivity contribution in [3.05, 3.63) is 53.7 Å². The SMILES string of the molecule is CC(=O)C(N)C(=O)Cc1cccc(-c2cccc(C)n2)c1. The molecule has 0 saturated heterocycles.